The first-order valence-corrected chi connectivity index (χ1v) is 6.36. The molecule has 1 aromatic rings. The molecule has 0 spiro atoms. The number of carbonyl (C=O) groups excluding carboxylic acids is 1. The summed E-state index contributed by atoms with van der Waals surface area (Å²) >= 11 is 1.72. The highest BCUT2D eigenvalue weighted by Gasteiger charge is 2.09. The van der Waals surface area contributed by atoms with Crippen LogP contribution >= 0.6 is 11.8 Å². The number of nitrogens with one attached hydrogen (secondary N) is 1. The molecule has 3 N–H and O–H groups in total. The first kappa shape index (κ1) is 12.8. The fraction of sp³-hybridized carbons (Fsp3) is 0.364. The Morgan fingerprint density at radius 2 is 2.31 bits per heavy atom. The third-order valence-corrected chi connectivity index (χ3v) is 2.77. The number of benzene rings is 1. The lowest BCUT2D eigenvalue weighted by Gasteiger charge is -2.07. The van der Waals surface area contributed by atoms with Crippen LogP contribution < -0.4 is 11.1 Å². The Labute approximate surface area is 98.6 Å². The third kappa shape index (κ3) is 3.73. The maximum atomic E-state index is 12.9. The van der Waals surface area contributed by atoms with Crippen molar-refractivity contribution in [2.75, 3.05) is 24.3 Å². The van der Waals surface area contributed by atoms with Gasteiger partial charge in [-0.2, -0.15) is 11.8 Å². The predicted octanol–water partition coefficient (Wildman–Crippen LogP) is 1.89. The maximum Gasteiger partial charge on any atom is 0.253 e. The molecule has 0 atom stereocenters. The topological polar surface area (TPSA) is 55.1 Å². The first-order chi connectivity index (χ1) is 7.65. The van der Waals surface area contributed by atoms with Gasteiger partial charge < -0.3 is 11.1 Å². The van der Waals surface area contributed by atoms with E-state index in [2.05, 4.69) is 5.32 Å². The molecule has 0 fully saturated rings. The molecular weight excluding hydrogens is 227 g/mol. The molecule has 0 aliphatic rings. The third-order valence-electron chi connectivity index (χ3n) is 2.07. The van der Waals surface area contributed by atoms with Crippen molar-refractivity contribution in [3.05, 3.63) is 29.6 Å². The van der Waals surface area contributed by atoms with Crippen LogP contribution in [0.4, 0.5) is 10.1 Å². The molecule has 1 amide bonds. The molecule has 0 saturated heterocycles. The highest BCUT2D eigenvalue weighted by molar-refractivity contribution is 7.98. The Hall–Kier alpha value is -1.23. The fourth-order valence-corrected chi connectivity index (χ4v) is 1.67. The van der Waals surface area contributed by atoms with Gasteiger partial charge in [0.1, 0.15) is 5.82 Å². The van der Waals surface area contributed by atoms with E-state index in [0.717, 1.165) is 18.2 Å². The van der Waals surface area contributed by atoms with Crippen LogP contribution in [0, 0.1) is 5.82 Å². The second-order valence-electron chi connectivity index (χ2n) is 3.33. The standard InChI is InChI=1S/C11H15FN2OS/c1-16-6-2-5-14-11(15)9-7-8(12)3-4-10(9)13/h3-4,7H,2,5-6,13H2,1H3,(H,14,15). The van der Waals surface area contributed by atoms with Crippen molar-refractivity contribution in [2.45, 2.75) is 6.42 Å². The molecule has 0 radical (unpaired) electrons. The summed E-state index contributed by atoms with van der Waals surface area (Å²) in [6.07, 6.45) is 2.90. The monoisotopic (exact) mass is 242 g/mol. The molecule has 0 unspecified atom stereocenters. The van der Waals surface area contributed by atoms with E-state index in [1.807, 2.05) is 6.26 Å². The van der Waals surface area contributed by atoms with Crippen LogP contribution in [-0.4, -0.2) is 24.5 Å². The lowest BCUT2D eigenvalue weighted by atomic mass is 10.1. The minimum atomic E-state index is -0.455. The van der Waals surface area contributed by atoms with Crippen molar-refractivity contribution in [3.63, 3.8) is 0 Å². The van der Waals surface area contributed by atoms with E-state index >= 15 is 0 Å². The van der Waals surface area contributed by atoms with Crippen LogP contribution in [-0.2, 0) is 0 Å². The average molecular weight is 242 g/mol. The molecular formula is C11H15FN2OS. The van der Waals surface area contributed by atoms with E-state index in [4.69, 9.17) is 5.73 Å². The van der Waals surface area contributed by atoms with E-state index in [9.17, 15) is 9.18 Å². The Morgan fingerprint density at radius 1 is 1.56 bits per heavy atom. The van der Waals surface area contributed by atoms with Crippen molar-refractivity contribution in [3.8, 4) is 0 Å². The van der Waals surface area contributed by atoms with E-state index in [-0.39, 0.29) is 11.5 Å². The second kappa shape index (κ2) is 6.37. The number of halogens is 1. The zero-order valence-corrected chi connectivity index (χ0v) is 9.94. The van der Waals surface area contributed by atoms with E-state index in [1.54, 1.807) is 11.8 Å². The number of hydrogen-bond acceptors (Lipinski definition) is 3. The summed E-state index contributed by atoms with van der Waals surface area (Å²) in [7, 11) is 0. The van der Waals surface area contributed by atoms with Crippen molar-refractivity contribution in [2.24, 2.45) is 0 Å². The predicted molar refractivity (Wildman–Crippen MR) is 66.1 cm³/mol. The number of carbonyl (C=O) groups is 1. The number of anilines is 1. The van der Waals surface area contributed by atoms with Crippen LogP contribution in [0.5, 0.6) is 0 Å². The molecule has 0 bridgehead atoms. The SMILES string of the molecule is CSCCCNC(=O)c1cc(F)ccc1N. The molecule has 0 aromatic heterocycles. The van der Waals surface area contributed by atoms with Gasteiger partial charge in [0, 0.05) is 12.2 Å². The lowest BCUT2D eigenvalue weighted by Crippen LogP contribution is -2.25. The Balaban J connectivity index is 2.55. The van der Waals surface area contributed by atoms with Gasteiger partial charge >= 0.3 is 0 Å². The van der Waals surface area contributed by atoms with Gasteiger partial charge in [0.2, 0.25) is 0 Å². The minimum absolute atomic E-state index is 0.198. The van der Waals surface area contributed by atoms with E-state index in [0.29, 0.717) is 12.2 Å². The average Bonchev–Trinajstić information content (AvgIpc) is 2.27. The largest absolute Gasteiger partial charge is 0.398 e. The molecule has 16 heavy (non-hydrogen) atoms. The van der Waals surface area contributed by atoms with Gasteiger partial charge in [-0.15, -0.1) is 0 Å². The van der Waals surface area contributed by atoms with Gasteiger partial charge in [0.25, 0.3) is 5.91 Å². The molecule has 1 rings (SSSR count). The highest BCUT2D eigenvalue weighted by atomic mass is 32.2. The first-order valence-electron chi connectivity index (χ1n) is 4.97. The van der Waals surface area contributed by atoms with E-state index in [1.165, 1.54) is 12.1 Å². The molecule has 88 valence electrons. The zero-order chi connectivity index (χ0) is 12.0. The van der Waals surface area contributed by atoms with Crippen molar-refractivity contribution >= 4 is 23.4 Å². The van der Waals surface area contributed by atoms with Crippen LogP contribution in [0.2, 0.25) is 0 Å². The van der Waals surface area contributed by atoms with Crippen molar-refractivity contribution < 1.29 is 9.18 Å². The number of nitrogens with two attached hydrogens (primary N) is 1. The molecule has 0 heterocycles. The Bertz CT molecular complexity index is 371. The summed E-state index contributed by atoms with van der Waals surface area (Å²) in [6, 6.07) is 3.78. The highest BCUT2D eigenvalue weighted by Crippen LogP contribution is 2.12. The maximum absolute atomic E-state index is 12.9. The van der Waals surface area contributed by atoms with Gasteiger partial charge in [0.05, 0.1) is 5.56 Å². The summed E-state index contributed by atoms with van der Waals surface area (Å²) < 4.78 is 12.9. The summed E-state index contributed by atoms with van der Waals surface area (Å²) in [4.78, 5) is 11.6. The van der Waals surface area contributed by atoms with Crippen molar-refractivity contribution in [1.82, 2.24) is 5.32 Å². The Kier molecular flexibility index (Phi) is 5.11. The quantitative estimate of drug-likeness (QED) is 0.612. The molecule has 5 heteroatoms. The van der Waals surface area contributed by atoms with Crippen LogP contribution in [0.25, 0.3) is 0 Å². The second-order valence-corrected chi connectivity index (χ2v) is 4.32. The number of rotatable bonds is 5. The van der Waals surface area contributed by atoms with Crippen LogP contribution in [0.15, 0.2) is 18.2 Å². The molecule has 1 aromatic carbocycles. The molecule has 3 nitrogen and oxygen atoms in total. The normalized spacial score (nSPS) is 10.1. The smallest absolute Gasteiger partial charge is 0.253 e. The van der Waals surface area contributed by atoms with Crippen LogP contribution in [0.1, 0.15) is 16.8 Å². The van der Waals surface area contributed by atoms with E-state index < -0.39 is 5.82 Å². The van der Waals surface area contributed by atoms with Gasteiger partial charge in [-0.05, 0) is 36.6 Å². The zero-order valence-electron chi connectivity index (χ0n) is 9.13. The summed E-state index contributed by atoms with van der Waals surface area (Å²) in [5.41, 5.74) is 6.08. The number of nitrogen functional groups attached to an aromatic ring is 1. The summed E-state index contributed by atoms with van der Waals surface area (Å²) in [6.45, 7) is 0.579. The number of thioether (sulfide) groups is 1. The van der Waals surface area contributed by atoms with Gasteiger partial charge in [0.15, 0.2) is 0 Å². The summed E-state index contributed by atoms with van der Waals surface area (Å²) in [5, 5.41) is 2.70. The molecule has 0 aliphatic carbocycles. The fourth-order valence-electron chi connectivity index (χ4n) is 1.24. The van der Waals surface area contributed by atoms with Crippen LogP contribution in [0.3, 0.4) is 0 Å². The van der Waals surface area contributed by atoms with Gasteiger partial charge in [-0.25, -0.2) is 4.39 Å². The molecule has 0 saturated carbocycles. The number of hydrogen-bond donors (Lipinski definition) is 2. The summed E-state index contributed by atoms with van der Waals surface area (Å²) in [5.74, 6) is 0.209. The van der Waals surface area contributed by atoms with Crippen molar-refractivity contribution in [1.29, 1.82) is 0 Å². The lowest BCUT2D eigenvalue weighted by molar-refractivity contribution is 0.0954. The van der Waals surface area contributed by atoms with Gasteiger partial charge in [-0.1, -0.05) is 0 Å². The number of amides is 1. The molecule has 0 aliphatic heterocycles. The minimum Gasteiger partial charge on any atom is -0.398 e. The Morgan fingerprint density at radius 3 is 3.00 bits per heavy atom. The van der Waals surface area contributed by atoms with Gasteiger partial charge in [-0.3, -0.25) is 4.79 Å².